The summed E-state index contributed by atoms with van der Waals surface area (Å²) in [5.74, 6) is -4.02. The summed E-state index contributed by atoms with van der Waals surface area (Å²) in [6.45, 7) is 2.15. The molecule has 5 rings (SSSR count). The Bertz CT molecular complexity index is 1820. The van der Waals surface area contributed by atoms with Crippen LogP contribution in [0, 0.1) is 0 Å². The van der Waals surface area contributed by atoms with Gasteiger partial charge in [-0.1, -0.05) is 28.1 Å². The first kappa shape index (κ1) is 32.5. The first-order valence-corrected chi connectivity index (χ1v) is 15.7. The molecule has 0 bridgehead atoms. The van der Waals surface area contributed by atoms with Crippen LogP contribution in [0.4, 0.5) is 9.93 Å². The van der Waals surface area contributed by atoms with E-state index in [9.17, 15) is 29.1 Å². The number of urea groups is 1. The average molecular weight is 693 g/mol. The monoisotopic (exact) mass is 692 g/mol. The van der Waals surface area contributed by atoms with E-state index in [1.54, 1.807) is 6.20 Å². The average Bonchev–Trinajstić information content (AvgIpc) is 3.57. The second kappa shape index (κ2) is 13.2. The number of hydrogen-bond acceptors (Lipinski definition) is 11. The Balaban J connectivity index is 1.36. The maximum Gasteiger partial charge on any atom is 0.352 e. The van der Waals surface area contributed by atoms with Crippen LogP contribution in [0.3, 0.4) is 0 Å². The summed E-state index contributed by atoms with van der Waals surface area (Å²) in [5.41, 5.74) is 12.1. The molecule has 0 saturated carbocycles. The van der Waals surface area contributed by atoms with Crippen molar-refractivity contribution < 1.29 is 43.6 Å². The molecule has 3 atom stereocenters. The number of nitrogens with zero attached hydrogens (tertiary/aromatic N) is 5. The number of aliphatic carboxylic acids is 2. The maximum absolute atomic E-state index is 13.3. The van der Waals surface area contributed by atoms with Crippen LogP contribution in [-0.4, -0.2) is 90.0 Å². The number of hydrogen-bond donors (Lipinski definition) is 6. The quantitative estimate of drug-likeness (QED) is 0.0634. The van der Waals surface area contributed by atoms with Crippen molar-refractivity contribution in [2.24, 2.45) is 10.9 Å². The molecule has 0 radical (unpaired) electrons. The van der Waals surface area contributed by atoms with E-state index in [-0.39, 0.29) is 33.2 Å². The molecule has 2 aliphatic rings. The van der Waals surface area contributed by atoms with Crippen LogP contribution in [-0.2, 0) is 37.1 Å². The second-order valence-corrected chi connectivity index (χ2v) is 12.8. The summed E-state index contributed by atoms with van der Waals surface area (Å²) in [7, 11) is 0. The number of nitrogens with one attached hydrogen (secondary N) is 2. The molecule has 46 heavy (non-hydrogen) atoms. The minimum atomic E-state index is -1.42. The van der Waals surface area contributed by atoms with Crippen LogP contribution in [0.5, 0.6) is 0 Å². The molecular formula is C26H27ClN9O8S2+. The highest BCUT2D eigenvalue weighted by molar-refractivity contribution is 8.00. The number of β-lactam (4-membered cyclic amide) rings is 1. The number of aromatic nitrogens is 3. The summed E-state index contributed by atoms with van der Waals surface area (Å²) in [5, 5.41) is 27.3. The van der Waals surface area contributed by atoms with Crippen LogP contribution >= 0.6 is 34.7 Å². The highest BCUT2D eigenvalue weighted by Crippen LogP contribution is 2.40. The van der Waals surface area contributed by atoms with Crippen LogP contribution < -0.4 is 26.7 Å². The molecule has 242 valence electrons. The number of nitrogens with two attached hydrogens (primary N) is 2. The number of thiazole rings is 1. The molecule has 8 N–H and O–H groups in total. The van der Waals surface area contributed by atoms with E-state index in [0.717, 1.165) is 27.3 Å². The predicted octanol–water partition coefficient (Wildman–Crippen LogP) is -0.0782. The lowest BCUT2D eigenvalue weighted by Gasteiger charge is -2.49. The molecular weight excluding hydrogens is 666 g/mol. The van der Waals surface area contributed by atoms with Gasteiger partial charge in [0.15, 0.2) is 23.6 Å². The van der Waals surface area contributed by atoms with Crippen molar-refractivity contribution in [3.8, 4) is 0 Å². The molecule has 1 saturated heterocycles. The third-order valence-electron chi connectivity index (χ3n) is 7.05. The fourth-order valence-electron chi connectivity index (χ4n) is 4.90. The number of primary amides is 1. The van der Waals surface area contributed by atoms with Crippen LogP contribution in [0.2, 0.25) is 4.34 Å². The highest BCUT2D eigenvalue weighted by atomic mass is 35.5. The van der Waals surface area contributed by atoms with E-state index in [1.165, 1.54) is 18.7 Å². The lowest BCUT2D eigenvalue weighted by Crippen LogP contribution is -2.71. The molecule has 1 fully saturated rings. The van der Waals surface area contributed by atoms with E-state index in [4.69, 9.17) is 33.0 Å². The van der Waals surface area contributed by atoms with E-state index < -0.39 is 53.0 Å². The van der Waals surface area contributed by atoms with Crippen molar-refractivity contribution >= 4 is 86.4 Å². The molecule has 0 spiro atoms. The van der Waals surface area contributed by atoms with Gasteiger partial charge < -0.3 is 41.7 Å². The third-order valence-corrected chi connectivity index (χ3v) is 9.48. The van der Waals surface area contributed by atoms with E-state index in [1.807, 2.05) is 33.5 Å². The molecule has 0 unspecified atom stereocenters. The summed E-state index contributed by atoms with van der Waals surface area (Å²) < 4.78 is 3.77. The van der Waals surface area contributed by atoms with Crippen LogP contribution in [0.15, 0.2) is 47.0 Å². The molecule has 20 heteroatoms. The Morgan fingerprint density at radius 1 is 1.30 bits per heavy atom. The molecule has 4 amide bonds. The molecule has 0 aliphatic carbocycles. The fourth-order valence-corrected chi connectivity index (χ4v) is 7.16. The van der Waals surface area contributed by atoms with E-state index in [2.05, 4.69) is 20.8 Å². The minimum Gasteiger partial charge on any atom is -0.478 e. The fraction of sp³-hybridized carbons (Fsp3) is 0.308. The van der Waals surface area contributed by atoms with Crippen LogP contribution in [0.1, 0.15) is 12.6 Å². The Hall–Kier alpha value is -4.88. The number of fused-ring (bicyclic) bond motifs is 2. The van der Waals surface area contributed by atoms with Gasteiger partial charge >= 0.3 is 18.0 Å². The largest absolute Gasteiger partial charge is 0.478 e. The Morgan fingerprint density at radius 3 is 2.72 bits per heavy atom. The van der Waals surface area contributed by atoms with Crippen LogP contribution in [0.25, 0.3) is 11.0 Å². The standard InChI is InChI=1S/C26H26ClN9O8S2/c1-11(23(39)40)44-33-16(15-19(27)46-26(29)32-15)20(37)31-17-21(38)36-18(24(41)42)12(10-45-22(17)36)9-35-6-2-3-13-14(35)4-7-34(13)8-5-30-25(28)43/h2-4,6-7,11,17,22H,5,8-10H2,1H3,(H7-,28,29,30,31,32,37,39,40,41,42,43)/p+1/t11-,17+,22+/m0/s1. The summed E-state index contributed by atoms with van der Waals surface area (Å²) in [6, 6.07) is 3.80. The molecule has 0 aromatic carbocycles. The number of thioether (sulfide) groups is 1. The minimum absolute atomic E-state index is 0.00880. The van der Waals surface area contributed by atoms with Gasteiger partial charge in [0.1, 0.15) is 32.7 Å². The maximum atomic E-state index is 13.3. The molecule has 5 heterocycles. The number of rotatable bonds is 12. The van der Waals surface area contributed by atoms with Gasteiger partial charge in [0.25, 0.3) is 11.8 Å². The first-order chi connectivity index (χ1) is 21.9. The smallest absolute Gasteiger partial charge is 0.352 e. The Morgan fingerprint density at radius 2 is 2.07 bits per heavy atom. The molecule has 3 aromatic rings. The van der Waals surface area contributed by atoms with E-state index >= 15 is 0 Å². The number of carbonyl (C=O) groups is 5. The Kier molecular flexibility index (Phi) is 9.35. The van der Waals surface area contributed by atoms with Gasteiger partial charge in [-0.3, -0.25) is 14.5 Å². The van der Waals surface area contributed by atoms with Gasteiger partial charge in [-0.2, -0.15) is 4.57 Å². The van der Waals surface area contributed by atoms with Gasteiger partial charge in [0, 0.05) is 42.7 Å². The van der Waals surface area contributed by atoms with Crippen molar-refractivity contribution in [1.29, 1.82) is 0 Å². The van der Waals surface area contributed by atoms with Crippen molar-refractivity contribution in [3.63, 3.8) is 0 Å². The SMILES string of the molecule is C[C@H](ON=C(C(=O)N[C@@H]1C(=O)N2C(C(=O)O)=C(C[n+]3cccc4c3ccn4CCNC(N)=O)CS[C@H]12)c1nc(N)sc1Cl)C(=O)O. The zero-order chi connectivity index (χ0) is 33.3. The number of nitrogen functional groups attached to an aromatic ring is 1. The topological polar surface area (TPSA) is 248 Å². The van der Waals surface area contributed by atoms with Gasteiger partial charge in [-0.15, -0.1) is 11.8 Å². The van der Waals surface area contributed by atoms with Crippen molar-refractivity contribution in [2.75, 3.05) is 18.0 Å². The van der Waals surface area contributed by atoms with Crippen molar-refractivity contribution in [3.05, 3.63) is 51.9 Å². The van der Waals surface area contributed by atoms with E-state index in [0.29, 0.717) is 18.7 Å². The number of carboxylic acids is 2. The number of oxime groups is 1. The molecule has 17 nitrogen and oxygen atoms in total. The number of pyridine rings is 1. The summed E-state index contributed by atoms with van der Waals surface area (Å²) in [4.78, 5) is 71.4. The normalized spacial score (nSPS) is 18.5. The van der Waals surface area contributed by atoms with Gasteiger partial charge in [-0.05, 0) is 13.0 Å². The third kappa shape index (κ3) is 6.42. The molecule has 3 aromatic heterocycles. The highest BCUT2D eigenvalue weighted by Gasteiger charge is 2.55. The number of carboxylic acid groups (broad SMARTS) is 2. The van der Waals surface area contributed by atoms with Gasteiger partial charge in [0.05, 0.1) is 0 Å². The zero-order valence-corrected chi connectivity index (χ0v) is 26.3. The first-order valence-electron chi connectivity index (χ1n) is 13.5. The molecule has 2 aliphatic heterocycles. The predicted molar refractivity (Wildman–Crippen MR) is 166 cm³/mol. The number of anilines is 1. The zero-order valence-electron chi connectivity index (χ0n) is 23.9. The number of halogens is 1. The lowest BCUT2D eigenvalue weighted by molar-refractivity contribution is -0.663. The van der Waals surface area contributed by atoms with Crippen molar-refractivity contribution in [2.45, 2.75) is 37.5 Å². The summed E-state index contributed by atoms with van der Waals surface area (Å²) >= 11 is 8.28. The lowest BCUT2D eigenvalue weighted by atomic mass is 10.0. The second-order valence-electron chi connectivity index (χ2n) is 10.0. The van der Waals surface area contributed by atoms with Crippen molar-refractivity contribution in [1.82, 2.24) is 25.1 Å². The van der Waals surface area contributed by atoms with Gasteiger partial charge in [-0.25, -0.2) is 19.4 Å². The summed E-state index contributed by atoms with van der Waals surface area (Å²) in [6.07, 6.45) is 2.21. The van der Waals surface area contributed by atoms with Gasteiger partial charge in [0.2, 0.25) is 11.6 Å². The number of carbonyl (C=O) groups excluding carboxylic acids is 3. The number of amides is 4. The Labute approximate surface area is 272 Å².